The van der Waals surface area contributed by atoms with Gasteiger partial charge in [0.15, 0.2) is 0 Å². The van der Waals surface area contributed by atoms with Crippen LogP contribution in [0.25, 0.3) is 0 Å². The molecule has 1 saturated heterocycles. The van der Waals surface area contributed by atoms with Gasteiger partial charge in [0.1, 0.15) is 23.1 Å². The van der Waals surface area contributed by atoms with Gasteiger partial charge in [-0.3, -0.25) is 14.4 Å². The highest BCUT2D eigenvalue weighted by molar-refractivity contribution is 7.92. The summed E-state index contributed by atoms with van der Waals surface area (Å²) in [7, 11) is -3.36. The molecular weight excluding hydrogens is 592 g/mol. The zero-order chi connectivity index (χ0) is 31.9. The third-order valence-corrected chi connectivity index (χ3v) is 7.58. The van der Waals surface area contributed by atoms with Crippen LogP contribution >= 0.6 is 0 Å². The number of urea groups is 1. The molecule has 13 heteroatoms. The first-order chi connectivity index (χ1) is 20.9. The lowest BCUT2D eigenvalue weighted by molar-refractivity contribution is 0.0996. The molecule has 0 spiro atoms. The van der Waals surface area contributed by atoms with E-state index in [2.05, 4.69) is 26.8 Å². The maximum atomic E-state index is 14.4. The minimum Gasteiger partial charge on any atom is -0.457 e. The van der Waals surface area contributed by atoms with Crippen LogP contribution in [0.5, 0.6) is 11.5 Å². The maximum absolute atomic E-state index is 14.4. The Bertz CT molecular complexity index is 1660. The number of carbonyl (C=O) groups excluding carboxylic acids is 2. The first-order valence-corrected chi connectivity index (χ1v) is 15.6. The number of nitrogens with one attached hydrogen (secondary N) is 2. The monoisotopic (exact) mass is 625 g/mol. The average Bonchev–Trinajstić information content (AvgIpc) is 2.96. The van der Waals surface area contributed by atoms with Gasteiger partial charge in [0.05, 0.1) is 24.1 Å². The van der Waals surface area contributed by atoms with Crippen LogP contribution in [0.1, 0.15) is 35.7 Å². The van der Waals surface area contributed by atoms with Crippen LogP contribution < -0.4 is 20.5 Å². The molecule has 44 heavy (non-hydrogen) atoms. The summed E-state index contributed by atoms with van der Waals surface area (Å²) < 4.78 is 59.3. The van der Waals surface area contributed by atoms with Gasteiger partial charge in [0.2, 0.25) is 10.0 Å². The first kappa shape index (κ1) is 32.2. The van der Waals surface area contributed by atoms with Gasteiger partial charge in [-0.1, -0.05) is 18.1 Å². The van der Waals surface area contributed by atoms with Crippen LogP contribution in [-0.4, -0.2) is 62.1 Å². The van der Waals surface area contributed by atoms with Crippen molar-refractivity contribution in [3.63, 3.8) is 0 Å². The number of nitrogens with two attached hydrogens (primary N) is 1. The topological polar surface area (TPSA) is 134 Å². The number of anilines is 2. The predicted octanol–water partition coefficient (Wildman–Crippen LogP) is 4.75. The van der Waals surface area contributed by atoms with Gasteiger partial charge in [0, 0.05) is 37.4 Å². The number of hydrogen-bond acceptors (Lipinski definition) is 6. The maximum Gasteiger partial charge on any atom is 0.322 e. The lowest BCUT2D eigenvalue weighted by Gasteiger charge is -2.37. The Hall–Kier alpha value is -4.67. The standard InChI is InChI=1S/C31H33F2N5O5S/c1-3-4-15-38(31(40)35-29-18-26(30(34)39)27(32)19-28(29)33)23-13-16-37(17-14-23)20-21-5-9-24(10-6-21)43-25-11-7-22(8-12-25)36-44(2,41)42/h5-12,18-19,23,36H,13-17,20H2,1-2H3,(H2,34,39)(H,35,40). The summed E-state index contributed by atoms with van der Waals surface area (Å²) in [5, 5.41) is 2.44. The highest BCUT2D eigenvalue weighted by Crippen LogP contribution is 2.26. The summed E-state index contributed by atoms with van der Waals surface area (Å²) in [5.41, 5.74) is 5.82. The summed E-state index contributed by atoms with van der Waals surface area (Å²) in [5.74, 6) is 3.66. The van der Waals surface area contributed by atoms with Crippen molar-refractivity contribution in [2.24, 2.45) is 5.73 Å². The number of benzene rings is 3. The van der Waals surface area contributed by atoms with E-state index < -0.39 is 39.2 Å². The quantitative estimate of drug-likeness (QED) is 0.279. The number of piperidine rings is 1. The molecule has 1 heterocycles. The van der Waals surface area contributed by atoms with Crippen LogP contribution in [-0.2, 0) is 16.6 Å². The molecule has 0 radical (unpaired) electrons. The Balaban J connectivity index is 1.32. The Kier molecular flexibility index (Phi) is 10.4. The number of sulfonamides is 1. The molecule has 232 valence electrons. The number of halogens is 2. The molecule has 0 atom stereocenters. The van der Waals surface area contributed by atoms with Crippen molar-refractivity contribution in [3.05, 3.63) is 83.4 Å². The average molecular weight is 626 g/mol. The van der Waals surface area contributed by atoms with Crippen molar-refractivity contribution < 1.29 is 31.5 Å². The molecule has 4 N–H and O–H groups in total. The number of primary amides is 1. The third-order valence-electron chi connectivity index (χ3n) is 6.97. The van der Waals surface area contributed by atoms with Crippen molar-refractivity contribution in [2.45, 2.75) is 32.4 Å². The number of ether oxygens (including phenoxy) is 1. The fourth-order valence-electron chi connectivity index (χ4n) is 4.80. The minimum atomic E-state index is -3.36. The van der Waals surface area contributed by atoms with E-state index in [9.17, 15) is 26.8 Å². The van der Waals surface area contributed by atoms with Gasteiger partial charge in [-0.2, -0.15) is 0 Å². The van der Waals surface area contributed by atoms with E-state index in [4.69, 9.17) is 10.5 Å². The number of hydrogen-bond donors (Lipinski definition) is 3. The SMILES string of the molecule is CC#CCN(C(=O)Nc1cc(C(N)=O)c(F)cc1F)C1CCN(Cc2ccc(Oc3ccc(NS(C)(=O)=O)cc3)cc2)CC1. The van der Waals surface area contributed by atoms with Crippen LogP contribution in [0.2, 0.25) is 0 Å². The minimum absolute atomic E-state index is 0.122. The van der Waals surface area contributed by atoms with E-state index in [1.165, 1.54) is 4.90 Å². The Labute approximate surface area is 255 Å². The van der Waals surface area contributed by atoms with Gasteiger partial charge in [-0.05, 0) is 67.8 Å². The van der Waals surface area contributed by atoms with Gasteiger partial charge in [-0.25, -0.2) is 22.0 Å². The number of likely N-dealkylation sites (tertiary alicyclic amines) is 1. The van der Waals surface area contributed by atoms with Gasteiger partial charge < -0.3 is 20.7 Å². The summed E-state index contributed by atoms with van der Waals surface area (Å²) in [6, 6.07) is 14.9. The molecule has 10 nitrogen and oxygen atoms in total. The summed E-state index contributed by atoms with van der Waals surface area (Å²) in [6.45, 7) is 3.88. The van der Waals surface area contributed by atoms with Crippen molar-refractivity contribution in [2.75, 3.05) is 35.9 Å². The lowest BCUT2D eigenvalue weighted by Crippen LogP contribution is -2.49. The number of carbonyl (C=O) groups is 2. The Morgan fingerprint density at radius 3 is 2.20 bits per heavy atom. The molecular formula is C31H33F2N5O5S. The second kappa shape index (κ2) is 14.2. The van der Waals surface area contributed by atoms with E-state index in [0.29, 0.717) is 55.7 Å². The van der Waals surface area contributed by atoms with Crippen molar-refractivity contribution in [3.8, 4) is 23.3 Å². The second-order valence-electron chi connectivity index (χ2n) is 10.3. The van der Waals surface area contributed by atoms with Gasteiger partial charge in [-0.15, -0.1) is 5.92 Å². The molecule has 3 amide bonds. The van der Waals surface area contributed by atoms with Crippen LogP contribution in [0.4, 0.5) is 25.0 Å². The first-order valence-electron chi connectivity index (χ1n) is 13.7. The molecule has 0 aliphatic carbocycles. The van der Waals surface area contributed by atoms with E-state index in [0.717, 1.165) is 17.9 Å². The molecule has 0 aromatic heterocycles. The fraction of sp³-hybridized carbons (Fsp3) is 0.290. The smallest absolute Gasteiger partial charge is 0.322 e. The molecule has 4 rings (SSSR count). The highest BCUT2D eigenvalue weighted by atomic mass is 32.2. The normalized spacial score (nSPS) is 13.8. The van der Waals surface area contributed by atoms with Crippen molar-refractivity contribution >= 4 is 33.3 Å². The van der Waals surface area contributed by atoms with Crippen LogP contribution in [0.3, 0.4) is 0 Å². The summed E-state index contributed by atoms with van der Waals surface area (Å²) >= 11 is 0. The second-order valence-corrected chi connectivity index (χ2v) is 12.1. The molecule has 3 aromatic carbocycles. The zero-order valence-corrected chi connectivity index (χ0v) is 25.1. The van der Waals surface area contributed by atoms with Gasteiger partial charge in [0.25, 0.3) is 5.91 Å². The van der Waals surface area contributed by atoms with Gasteiger partial charge >= 0.3 is 6.03 Å². The molecule has 0 bridgehead atoms. The van der Waals surface area contributed by atoms with Crippen LogP contribution in [0.15, 0.2) is 60.7 Å². The number of rotatable bonds is 10. The van der Waals surface area contributed by atoms with E-state index in [1.54, 1.807) is 31.2 Å². The molecule has 1 aliphatic rings. The summed E-state index contributed by atoms with van der Waals surface area (Å²) in [4.78, 5) is 28.4. The van der Waals surface area contributed by atoms with Crippen LogP contribution in [0, 0.1) is 23.5 Å². The summed E-state index contributed by atoms with van der Waals surface area (Å²) in [6.07, 6.45) is 2.40. The Morgan fingerprint density at radius 2 is 1.64 bits per heavy atom. The van der Waals surface area contributed by atoms with Crippen molar-refractivity contribution in [1.82, 2.24) is 9.80 Å². The van der Waals surface area contributed by atoms with Crippen molar-refractivity contribution in [1.29, 1.82) is 0 Å². The number of nitrogens with zero attached hydrogens (tertiary/aromatic N) is 2. The van der Waals surface area contributed by atoms with E-state index >= 15 is 0 Å². The fourth-order valence-corrected chi connectivity index (χ4v) is 5.37. The van der Waals surface area contributed by atoms with E-state index in [1.807, 2.05) is 24.3 Å². The molecule has 0 unspecified atom stereocenters. The largest absolute Gasteiger partial charge is 0.457 e. The molecule has 1 aliphatic heterocycles. The molecule has 0 saturated carbocycles. The third kappa shape index (κ3) is 8.92. The number of amides is 3. The van der Waals surface area contributed by atoms with E-state index in [-0.39, 0.29) is 18.3 Å². The highest BCUT2D eigenvalue weighted by Gasteiger charge is 2.28. The Morgan fingerprint density at radius 1 is 1.02 bits per heavy atom. The zero-order valence-electron chi connectivity index (χ0n) is 24.3. The lowest BCUT2D eigenvalue weighted by atomic mass is 10.0. The molecule has 1 fully saturated rings. The predicted molar refractivity (Wildman–Crippen MR) is 164 cm³/mol. The molecule has 3 aromatic rings.